The van der Waals surface area contributed by atoms with E-state index in [-0.39, 0.29) is 5.97 Å². The smallest absolute Gasteiger partial charge is 0.340 e. The first-order chi connectivity index (χ1) is 10.0. The van der Waals surface area contributed by atoms with Gasteiger partial charge in [0.05, 0.1) is 41.3 Å². The van der Waals surface area contributed by atoms with E-state index >= 15 is 0 Å². The number of nitrogen functional groups attached to an aromatic ring is 1. The molecule has 2 rings (SSSR count). The predicted molar refractivity (Wildman–Crippen MR) is 85.8 cm³/mol. The molecule has 0 unspecified atom stereocenters. The largest absolute Gasteiger partial charge is 0.462 e. The van der Waals surface area contributed by atoms with Gasteiger partial charge in [-0.15, -0.1) is 11.3 Å². The van der Waals surface area contributed by atoms with Crippen LogP contribution in [-0.4, -0.2) is 24.6 Å². The third kappa shape index (κ3) is 3.33. The van der Waals surface area contributed by atoms with Crippen LogP contribution in [0.25, 0.3) is 0 Å². The zero-order chi connectivity index (χ0) is 15.4. The second-order valence-electron chi connectivity index (χ2n) is 4.68. The molecule has 0 spiro atoms. The number of para-hydroxylation sites is 1. The highest BCUT2D eigenvalue weighted by atomic mass is 32.1. The SMILES string of the molecule is CCOC(=O)c1cccc(N(C)Cc2scnc2C)c1N. The summed E-state index contributed by atoms with van der Waals surface area (Å²) in [6.45, 7) is 4.79. The fourth-order valence-electron chi connectivity index (χ4n) is 2.05. The van der Waals surface area contributed by atoms with Crippen molar-refractivity contribution < 1.29 is 9.53 Å². The Balaban J connectivity index is 2.25. The number of thiazole rings is 1. The lowest BCUT2D eigenvalue weighted by Gasteiger charge is -2.21. The van der Waals surface area contributed by atoms with E-state index in [0.29, 0.717) is 24.4 Å². The van der Waals surface area contributed by atoms with Crippen molar-refractivity contribution in [1.29, 1.82) is 0 Å². The minimum absolute atomic E-state index is 0.332. The number of hydrogen-bond acceptors (Lipinski definition) is 6. The summed E-state index contributed by atoms with van der Waals surface area (Å²) >= 11 is 1.61. The Bertz CT molecular complexity index is 640. The summed E-state index contributed by atoms with van der Waals surface area (Å²) in [5.74, 6) is -0.390. The van der Waals surface area contributed by atoms with Crippen LogP contribution in [0.4, 0.5) is 11.4 Å². The lowest BCUT2D eigenvalue weighted by atomic mass is 10.1. The molecule has 2 aromatic rings. The highest BCUT2D eigenvalue weighted by molar-refractivity contribution is 7.09. The van der Waals surface area contributed by atoms with Crippen molar-refractivity contribution in [3.63, 3.8) is 0 Å². The fourth-order valence-corrected chi connectivity index (χ4v) is 2.88. The van der Waals surface area contributed by atoms with Crippen molar-refractivity contribution in [2.24, 2.45) is 0 Å². The summed E-state index contributed by atoms with van der Waals surface area (Å²) in [5, 5.41) is 0. The minimum Gasteiger partial charge on any atom is -0.462 e. The molecular formula is C15H19N3O2S. The van der Waals surface area contributed by atoms with E-state index in [2.05, 4.69) is 4.98 Å². The van der Waals surface area contributed by atoms with Crippen molar-refractivity contribution in [2.45, 2.75) is 20.4 Å². The minimum atomic E-state index is -0.390. The van der Waals surface area contributed by atoms with Crippen LogP contribution in [0.3, 0.4) is 0 Å². The van der Waals surface area contributed by atoms with Crippen LogP contribution in [0.2, 0.25) is 0 Å². The number of carbonyl (C=O) groups excluding carboxylic acids is 1. The van der Waals surface area contributed by atoms with Crippen LogP contribution in [0.15, 0.2) is 23.7 Å². The number of nitrogens with two attached hydrogens (primary N) is 1. The fraction of sp³-hybridized carbons (Fsp3) is 0.333. The monoisotopic (exact) mass is 305 g/mol. The summed E-state index contributed by atoms with van der Waals surface area (Å²) in [6.07, 6.45) is 0. The molecule has 0 radical (unpaired) electrons. The number of aromatic nitrogens is 1. The van der Waals surface area contributed by atoms with Gasteiger partial charge in [0.2, 0.25) is 0 Å². The molecule has 112 valence electrons. The van der Waals surface area contributed by atoms with Gasteiger partial charge in [0, 0.05) is 11.9 Å². The van der Waals surface area contributed by atoms with Crippen LogP contribution in [0, 0.1) is 6.92 Å². The molecule has 0 saturated carbocycles. The number of nitrogens with zero attached hydrogens (tertiary/aromatic N) is 2. The second kappa shape index (κ2) is 6.58. The molecule has 21 heavy (non-hydrogen) atoms. The van der Waals surface area contributed by atoms with Gasteiger partial charge < -0.3 is 15.4 Å². The Morgan fingerprint density at radius 3 is 2.86 bits per heavy atom. The number of carbonyl (C=O) groups is 1. The van der Waals surface area contributed by atoms with Gasteiger partial charge in [0.15, 0.2) is 0 Å². The van der Waals surface area contributed by atoms with Crippen LogP contribution in [0.5, 0.6) is 0 Å². The second-order valence-corrected chi connectivity index (χ2v) is 5.62. The Morgan fingerprint density at radius 1 is 1.48 bits per heavy atom. The van der Waals surface area contributed by atoms with Gasteiger partial charge >= 0.3 is 5.97 Å². The van der Waals surface area contributed by atoms with Crippen LogP contribution < -0.4 is 10.6 Å². The van der Waals surface area contributed by atoms with Crippen LogP contribution >= 0.6 is 11.3 Å². The molecule has 0 saturated heterocycles. The van der Waals surface area contributed by atoms with E-state index in [1.165, 1.54) is 4.88 Å². The third-order valence-corrected chi connectivity index (χ3v) is 4.14. The maximum atomic E-state index is 11.9. The molecule has 0 atom stereocenters. The molecule has 6 heteroatoms. The maximum Gasteiger partial charge on any atom is 0.340 e. The van der Waals surface area contributed by atoms with Gasteiger partial charge in [0.25, 0.3) is 0 Å². The number of ether oxygens (including phenoxy) is 1. The quantitative estimate of drug-likeness (QED) is 0.679. The molecule has 0 bridgehead atoms. The molecule has 1 aromatic carbocycles. The van der Waals surface area contributed by atoms with Crippen LogP contribution in [-0.2, 0) is 11.3 Å². The normalized spacial score (nSPS) is 10.4. The summed E-state index contributed by atoms with van der Waals surface area (Å²) in [7, 11) is 1.94. The van der Waals surface area contributed by atoms with Gasteiger partial charge in [-0.2, -0.15) is 0 Å². The van der Waals surface area contributed by atoms with E-state index in [1.54, 1.807) is 24.3 Å². The maximum absolute atomic E-state index is 11.9. The molecule has 1 aromatic heterocycles. The highest BCUT2D eigenvalue weighted by Gasteiger charge is 2.16. The van der Waals surface area contributed by atoms with Crippen molar-refractivity contribution in [2.75, 3.05) is 24.3 Å². The summed E-state index contributed by atoms with van der Waals surface area (Å²) in [4.78, 5) is 19.3. The van der Waals surface area contributed by atoms with E-state index in [4.69, 9.17) is 10.5 Å². The first-order valence-corrected chi connectivity index (χ1v) is 7.58. The Labute approximate surface area is 128 Å². The first kappa shape index (κ1) is 15.3. The molecule has 2 N–H and O–H groups in total. The lowest BCUT2D eigenvalue weighted by molar-refractivity contribution is 0.0527. The number of hydrogen-bond donors (Lipinski definition) is 1. The van der Waals surface area contributed by atoms with E-state index in [0.717, 1.165) is 11.4 Å². The molecule has 0 aliphatic carbocycles. The average molecular weight is 305 g/mol. The third-order valence-electron chi connectivity index (χ3n) is 3.22. The van der Waals surface area contributed by atoms with Crippen molar-refractivity contribution >= 4 is 28.7 Å². The van der Waals surface area contributed by atoms with Gasteiger partial charge in [-0.05, 0) is 26.0 Å². The number of anilines is 2. The first-order valence-electron chi connectivity index (χ1n) is 6.70. The number of aryl methyl sites for hydroxylation is 1. The summed E-state index contributed by atoms with van der Waals surface area (Å²) in [5.41, 5.74) is 10.6. The molecule has 0 aliphatic rings. The number of esters is 1. The summed E-state index contributed by atoms with van der Waals surface area (Å²) < 4.78 is 5.02. The number of rotatable bonds is 5. The van der Waals surface area contributed by atoms with Gasteiger partial charge in [0.1, 0.15) is 0 Å². The van der Waals surface area contributed by atoms with Gasteiger partial charge in [-0.1, -0.05) is 6.07 Å². The predicted octanol–water partition coefficient (Wildman–Crippen LogP) is 2.85. The van der Waals surface area contributed by atoms with E-state index in [9.17, 15) is 4.79 Å². The van der Waals surface area contributed by atoms with Gasteiger partial charge in [-0.3, -0.25) is 0 Å². The van der Waals surface area contributed by atoms with Crippen molar-refractivity contribution in [1.82, 2.24) is 4.98 Å². The van der Waals surface area contributed by atoms with Crippen molar-refractivity contribution in [3.8, 4) is 0 Å². The standard InChI is InChI=1S/C15H19N3O2S/c1-4-20-15(19)11-6-5-7-12(14(11)16)18(3)8-13-10(2)17-9-21-13/h5-7,9H,4,8,16H2,1-3H3. The summed E-state index contributed by atoms with van der Waals surface area (Å²) in [6, 6.07) is 5.39. The molecule has 5 nitrogen and oxygen atoms in total. The van der Waals surface area contributed by atoms with E-state index < -0.39 is 0 Å². The van der Waals surface area contributed by atoms with E-state index in [1.807, 2.05) is 36.5 Å². The zero-order valence-electron chi connectivity index (χ0n) is 12.4. The Kier molecular flexibility index (Phi) is 4.80. The topological polar surface area (TPSA) is 68.5 Å². The molecular weight excluding hydrogens is 286 g/mol. The number of benzene rings is 1. The molecule has 0 aliphatic heterocycles. The van der Waals surface area contributed by atoms with Crippen LogP contribution in [0.1, 0.15) is 27.9 Å². The van der Waals surface area contributed by atoms with Gasteiger partial charge in [-0.25, -0.2) is 9.78 Å². The zero-order valence-corrected chi connectivity index (χ0v) is 13.2. The average Bonchev–Trinajstić information content (AvgIpc) is 2.84. The molecule has 1 heterocycles. The van der Waals surface area contributed by atoms with Crippen molar-refractivity contribution in [3.05, 3.63) is 39.8 Å². The Hall–Kier alpha value is -2.08. The highest BCUT2D eigenvalue weighted by Crippen LogP contribution is 2.28. The lowest BCUT2D eigenvalue weighted by Crippen LogP contribution is -2.19. The molecule has 0 fully saturated rings. The Morgan fingerprint density at radius 2 is 2.24 bits per heavy atom. The molecule has 0 amide bonds.